The van der Waals surface area contributed by atoms with Crippen LogP contribution in [0.2, 0.25) is 0 Å². The van der Waals surface area contributed by atoms with Crippen molar-refractivity contribution in [1.82, 2.24) is 9.97 Å². The highest BCUT2D eigenvalue weighted by molar-refractivity contribution is 7.92. The minimum Gasteiger partial charge on any atom is -0.494 e. The SMILES string of the molecule is CCOc1ccc(S(=O)(=O)Nc2c(C)nc(Oc3ccccc3F)nc2C)cc1C. The minimum atomic E-state index is -3.88. The fraction of sp³-hybridized carbons (Fsp3) is 0.238. The third-order valence-corrected chi connectivity index (χ3v) is 5.63. The smallest absolute Gasteiger partial charge is 0.322 e. The Kier molecular flexibility index (Phi) is 6.21. The maximum atomic E-state index is 13.8. The first kappa shape index (κ1) is 21.5. The molecule has 1 heterocycles. The van der Waals surface area contributed by atoms with Gasteiger partial charge in [0.25, 0.3) is 10.0 Å². The molecule has 0 unspecified atom stereocenters. The molecule has 3 aromatic rings. The number of aryl methyl sites for hydroxylation is 3. The number of hydrogen-bond acceptors (Lipinski definition) is 6. The molecule has 0 radical (unpaired) electrons. The first-order valence-corrected chi connectivity index (χ1v) is 10.7. The van der Waals surface area contributed by atoms with Crippen LogP contribution in [-0.4, -0.2) is 25.0 Å². The predicted octanol–water partition coefficient (Wildman–Crippen LogP) is 4.53. The zero-order chi connectivity index (χ0) is 21.9. The van der Waals surface area contributed by atoms with Crippen molar-refractivity contribution in [3.63, 3.8) is 0 Å². The van der Waals surface area contributed by atoms with Gasteiger partial charge in [-0.1, -0.05) is 12.1 Å². The summed E-state index contributed by atoms with van der Waals surface area (Å²) in [4.78, 5) is 8.41. The summed E-state index contributed by atoms with van der Waals surface area (Å²) in [5.74, 6) is 0.0586. The number of halogens is 1. The van der Waals surface area contributed by atoms with Crippen LogP contribution in [0.5, 0.6) is 17.5 Å². The fourth-order valence-corrected chi connectivity index (χ4v) is 4.07. The van der Waals surface area contributed by atoms with Crippen molar-refractivity contribution in [2.75, 3.05) is 11.3 Å². The fourth-order valence-electron chi connectivity index (χ4n) is 2.80. The molecule has 158 valence electrons. The Bertz CT molecular complexity index is 1160. The van der Waals surface area contributed by atoms with E-state index < -0.39 is 15.8 Å². The van der Waals surface area contributed by atoms with Gasteiger partial charge < -0.3 is 9.47 Å². The summed E-state index contributed by atoms with van der Waals surface area (Å²) < 4.78 is 52.9. The van der Waals surface area contributed by atoms with Crippen molar-refractivity contribution < 1.29 is 22.3 Å². The summed E-state index contributed by atoms with van der Waals surface area (Å²) in [5.41, 5.74) is 1.64. The van der Waals surface area contributed by atoms with E-state index in [2.05, 4.69) is 14.7 Å². The number of para-hydroxylation sites is 1. The summed E-state index contributed by atoms with van der Waals surface area (Å²) in [6.07, 6.45) is 0. The Balaban J connectivity index is 1.87. The molecule has 0 bridgehead atoms. The van der Waals surface area contributed by atoms with Crippen LogP contribution in [0.25, 0.3) is 0 Å². The summed E-state index contributed by atoms with van der Waals surface area (Å²) >= 11 is 0. The van der Waals surface area contributed by atoms with Gasteiger partial charge in [0.2, 0.25) is 0 Å². The maximum Gasteiger partial charge on any atom is 0.322 e. The number of sulfonamides is 1. The molecule has 0 fully saturated rings. The van der Waals surface area contributed by atoms with E-state index in [0.29, 0.717) is 29.3 Å². The van der Waals surface area contributed by atoms with Crippen LogP contribution >= 0.6 is 0 Å². The van der Waals surface area contributed by atoms with E-state index in [-0.39, 0.29) is 22.3 Å². The molecular weight excluding hydrogens is 409 g/mol. The molecule has 0 saturated carbocycles. The van der Waals surface area contributed by atoms with E-state index in [1.54, 1.807) is 39.0 Å². The van der Waals surface area contributed by atoms with Crippen molar-refractivity contribution in [2.45, 2.75) is 32.6 Å². The molecule has 0 saturated heterocycles. The lowest BCUT2D eigenvalue weighted by Gasteiger charge is -2.15. The van der Waals surface area contributed by atoms with Crippen LogP contribution in [0.15, 0.2) is 47.4 Å². The Labute approximate surface area is 175 Å². The molecular formula is C21H22FN3O4S. The normalized spacial score (nSPS) is 11.2. The molecule has 1 N–H and O–H groups in total. The lowest BCUT2D eigenvalue weighted by atomic mass is 10.2. The first-order chi connectivity index (χ1) is 14.2. The monoisotopic (exact) mass is 431 g/mol. The van der Waals surface area contributed by atoms with E-state index in [1.807, 2.05) is 6.92 Å². The highest BCUT2D eigenvalue weighted by atomic mass is 32.2. The second-order valence-corrected chi connectivity index (χ2v) is 8.23. The van der Waals surface area contributed by atoms with Crippen molar-refractivity contribution in [2.24, 2.45) is 0 Å². The summed E-state index contributed by atoms with van der Waals surface area (Å²) in [5, 5.41) is 0. The van der Waals surface area contributed by atoms with E-state index in [4.69, 9.17) is 9.47 Å². The minimum absolute atomic E-state index is 0.0190. The highest BCUT2D eigenvalue weighted by Gasteiger charge is 2.20. The molecule has 0 atom stereocenters. The molecule has 3 rings (SSSR count). The largest absolute Gasteiger partial charge is 0.494 e. The molecule has 0 amide bonds. The third kappa shape index (κ3) is 4.68. The third-order valence-electron chi connectivity index (χ3n) is 4.28. The van der Waals surface area contributed by atoms with Gasteiger partial charge in [0.1, 0.15) is 5.75 Å². The Morgan fingerprint density at radius 1 is 1.00 bits per heavy atom. The Hall–Kier alpha value is -3.20. The van der Waals surface area contributed by atoms with E-state index in [1.165, 1.54) is 24.3 Å². The number of nitrogens with zero attached hydrogens (tertiary/aromatic N) is 2. The molecule has 2 aromatic carbocycles. The first-order valence-electron chi connectivity index (χ1n) is 9.25. The zero-order valence-electron chi connectivity index (χ0n) is 17.1. The highest BCUT2D eigenvalue weighted by Crippen LogP contribution is 2.28. The van der Waals surface area contributed by atoms with Gasteiger partial charge in [-0.15, -0.1) is 0 Å². The maximum absolute atomic E-state index is 13.8. The zero-order valence-corrected chi connectivity index (χ0v) is 17.9. The molecule has 0 aliphatic carbocycles. The lowest BCUT2D eigenvalue weighted by Crippen LogP contribution is -2.16. The molecule has 30 heavy (non-hydrogen) atoms. The quantitative estimate of drug-likeness (QED) is 0.591. The van der Waals surface area contributed by atoms with Crippen LogP contribution in [0.4, 0.5) is 10.1 Å². The number of aromatic nitrogens is 2. The number of anilines is 1. The van der Waals surface area contributed by atoms with Crippen LogP contribution in [0, 0.1) is 26.6 Å². The van der Waals surface area contributed by atoms with E-state index in [0.717, 1.165) is 0 Å². The van der Waals surface area contributed by atoms with E-state index >= 15 is 0 Å². The van der Waals surface area contributed by atoms with Gasteiger partial charge in [-0.3, -0.25) is 4.72 Å². The molecule has 0 aliphatic heterocycles. The number of hydrogen-bond donors (Lipinski definition) is 1. The number of ether oxygens (including phenoxy) is 2. The second kappa shape index (κ2) is 8.66. The summed E-state index contributed by atoms with van der Waals surface area (Å²) in [6, 6.07) is 10.4. The van der Waals surface area contributed by atoms with Crippen molar-refractivity contribution in [1.29, 1.82) is 0 Å². The summed E-state index contributed by atoms with van der Waals surface area (Å²) in [6.45, 7) is 7.35. The van der Waals surface area contributed by atoms with Gasteiger partial charge in [-0.25, -0.2) is 12.8 Å². The molecule has 0 aliphatic rings. The van der Waals surface area contributed by atoms with Gasteiger partial charge in [0, 0.05) is 0 Å². The number of nitrogens with one attached hydrogen (secondary N) is 1. The van der Waals surface area contributed by atoms with Gasteiger partial charge >= 0.3 is 6.01 Å². The molecule has 7 nitrogen and oxygen atoms in total. The van der Waals surface area contributed by atoms with Crippen molar-refractivity contribution in [3.05, 3.63) is 65.2 Å². The summed E-state index contributed by atoms with van der Waals surface area (Å²) in [7, 11) is -3.88. The number of rotatable bonds is 7. The van der Waals surface area contributed by atoms with Crippen LogP contribution in [-0.2, 0) is 10.0 Å². The Morgan fingerprint density at radius 3 is 2.27 bits per heavy atom. The standard InChI is InChI=1S/C21H22FN3O4S/c1-5-28-18-11-10-16(12-13(18)2)30(26,27)25-20-14(3)23-21(24-15(20)4)29-19-9-7-6-8-17(19)22/h6-12,25H,5H2,1-4H3. The molecule has 0 spiro atoms. The van der Waals surface area contributed by atoms with E-state index in [9.17, 15) is 12.8 Å². The van der Waals surface area contributed by atoms with Crippen LogP contribution in [0.1, 0.15) is 23.9 Å². The molecule has 1 aromatic heterocycles. The Morgan fingerprint density at radius 2 is 1.67 bits per heavy atom. The van der Waals surface area contributed by atoms with Crippen LogP contribution < -0.4 is 14.2 Å². The number of benzene rings is 2. The molecule has 9 heteroatoms. The lowest BCUT2D eigenvalue weighted by molar-refractivity contribution is 0.337. The topological polar surface area (TPSA) is 90.4 Å². The van der Waals surface area contributed by atoms with Crippen LogP contribution in [0.3, 0.4) is 0 Å². The van der Waals surface area contributed by atoms with Crippen molar-refractivity contribution >= 4 is 15.7 Å². The average molecular weight is 431 g/mol. The van der Waals surface area contributed by atoms with Gasteiger partial charge in [0.15, 0.2) is 11.6 Å². The van der Waals surface area contributed by atoms with Gasteiger partial charge in [-0.2, -0.15) is 9.97 Å². The van der Waals surface area contributed by atoms with Gasteiger partial charge in [0.05, 0.1) is 28.6 Å². The van der Waals surface area contributed by atoms with Crippen molar-refractivity contribution in [3.8, 4) is 17.5 Å². The predicted molar refractivity (Wildman–Crippen MR) is 111 cm³/mol. The average Bonchev–Trinajstić information content (AvgIpc) is 2.68. The van der Waals surface area contributed by atoms with Gasteiger partial charge in [-0.05, 0) is 63.6 Å². The second-order valence-electron chi connectivity index (χ2n) is 6.55.